The highest BCUT2D eigenvalue weighted by atomic mass is 15.0. The Morgan fingerprint density at radius 3 is 1.64 bits per heavy atom. The zero-order chi connectivity index (χ0) is 47.9. The average molecular weight is 919 g/mol. The van der Waals surface area contributed by atoms with Crippen LogP contribution in [0.5, 0.6) is 0 Å². The molecule has 72 heavy (non-hydrogen) atoms. The first-order valence-electron chi connectivity index (χ1n) is 24.8. The number of nitrogens with zero attached hydrogens (tertiary/aromatic N) is 4. The minimum Gasteiger partial charge on any atom is -0.309 e. The van der Waals surface area contributed by atoms with Gasteiger partial charge in [-0.05, 0) is 86.8 Å². The number of hydrogen-bond acceptors (Lipinski definition) is 3. The molecule has 0 N–H and O–H groups in total. The van der Waals surface area contributed by atoms with Crippen molar-refractivity contribution >= 4 is 43.5 Å². The van der Waals surface area contributed by atoms with Crippen LogP contribution in [0.3, 0.4) is 0 Å². The maximum absolute atomic E-state index is 5.59. The Kier molecular flexibility index (Phi) is 9.52. The van der Waals surface area contributed by atoms with Crippen LogP contribution < -0.4 is 0 Å². The molecule has 0 atom stereocenters. The lowest BCUT2D eigenvalue weighted by Gasteiger charge is -2.22. The Hall–Kier alpha value is -9.25. The van der Waals surface area contributed by atoms with E-state index in [4.69, 9.17) is 15.0 Å². The van der Waals surface area contributed by atoms with Crippen LogP contribution in [0.25, 0.3) is 128 Å². The summed E-state index contributed by atoms with van der Waals surface area (Å²) in [6.45, 7) is 4.65. The average Bonchev–Trinajstić information content (AvgIpc) is 3.89. The molecule has 0 radical (unpaired) electrons. The van der Waals surface area contributed by atoms with E-state index in [2.05, 4.69) is 243 Å². The summed E-state index contributed by atoms with van der Waals surface area (Å²) in [4.78, 5) is 16.0. The van der Waals surface area contributed by atoms with E-state index in [-0.39, 0.29) is 5.41 Å². The monoisotopic (exact) mass is 918 g/mol. The summed E-state index contributed by atoms with van der Waals surface area (Å²) in [6.07, 6.45) is 0. The van der Waals surface area contributed by atoms with Gasteiger partial charge in [0.15, 0.2) is 5.82 Å². The molecule has 10 aromatic carbocycles. The number of para-hydroxylation sites is 3. The number of fused-ring (bicyclic) bond motifs is 9. The van der Waals surface area contributed by atoms with Gasteiger partial charge >= 0.3 is 0 Å². The molecule has 1 aliphatic rings. The lowest BCUT2D eigenvalue weighted by molar-refractivity contribution is 0.660. The first-order valence-corrected chi connectivity index (χ1v) is 24.8. The molecule has 0 unspecified atom stereocenters. The fraction of sp³-hybridized carbons (Fsp3) is 0.0441. The van der Waals surface area contributed by atoms with Crippen LogP contribution in [0.2, 0.25) is 0 Å². The third-order valence-electron chi connectivity index (χ3n) is 15.0. The van der Waals surface area contributed by atoms with E-state index in [1.54, 1.807) is 0 Å². The van der Waals surface area contributed by atoms with Crippen LogP contribution in [-0.4, -0.2) is 19.5 Å². The maximum Gasteiger partial charge on any atom is 0.160 e. The fourth-order valence-corrected chi connectivity index (χ4v) is 11.4. The number of pyridine rings is 1. The van der Waals surface area contributed by atoms with E-state index in [0.717, 1.165) is 89.1 Å². The number of hydrogen-bond donors (Lipinski definition) is 0. The van der Waals surface area contributed by atoms with E-state index in [1.807, 2.05) is 18.2 Å². The molecule has 0 bridgehead atoms. The maximum atomic E-state index is 5.59. The fourth-order valence-electron chi connectivity index (χ4n) is 11.4. The SMILES string of the molecule is CC1(C)c2ccccc2-c2ccc(-c3cc(-c4ccc(-c5ccc(-c6cccc7c6nc(-c6ccccc6)c6cc8c(cc67)c6ccccc6n8-c6ccccc6)cc5)cc4)nc(-c4ccccc4)n3)cc21. The molecule has 0 amide bonds. The summed E-state index contributed by atoms with van der Waals surface area (Å²) in [7, 11) is 0. The Balaban J connectivity index is 0.838. The van der Waals surface area contributed by atoms with Gasteiger partial charge in [-0.3, -0.25) is 0 Å². The van der Waals surface area contributed by atoms with Crippen molar-refractivity contribution in [2.24, 2.45) is 0 Å². The smallest absolute Gasteiger partial charge is 0.160 e. The van der Waals surface area contributed by atoms with Gasteiger partial charge in [-0.2, -0.15) is 0 Å². The topological polar surface area (TPSA) is 43.6 Å². The summed E-state index contributed by atoms with van der Waals surface area (Å²) < 4.78 is 2.39. The van der Waals surface area contributed by atoms with Crippen molar-refractivity contribution in [3.63, 3.8) is 0 Å². The molecule has 4 nitrogen and oxygen atoms in total. The van der Waals surface area contributed by atoms with Crippen LogP contribution in [0, 0.1) is 0 Å². The van der Waals surface area contributed by atoms with E-state index >= 15 is 0 Å². The highest BCUT2D eigenvalue weighted by Crippen LogP contribution is 2.50. The zero-order valence-corrected chi connectivity index (χ0v) is 39.9. The van der Waals surface area contributed by atoms with E-state index in [9.17, 15) is 0 Å². The van der Waals surface area contributed by atoms with Crippen LogP contribution in [0.1, 0.15) is 25.0 Å². The van der Waals surface area contributed by atoms with Crippen LogP contribution in [0.15, 0.2) is 243 Å². The predicted molar refractivity (Wildman–Crippen MR) is 299 cm³/mol. The lowest BCUT2D eigenvalue weighted by atomic mass is 9.82. The first-order chi connectivity index (χ1) is 35.4. The molecule has 338 valence electrons. The van der Waals surface area contributed by atoms with Crippen molar-refractivity contribution in [3.05, 3.63) is 254 Å². The quantitative estimate of drug-likeness (QED) is 0.150. The second kappa shape index (κ2) is 16.4. The molecule has 0 fully saturated rings. The second-order valence-corrected chi connectivity index (χ2v) is 19.5. The van der Waals surface area contributed by atoms with Gasteiger partial charge < -0.3 is 4.57 Å². The van der Waals surface area contributed by atoms with E-state index < -0.39 is 0 Å². The molecule has 14 rings (SSSR count). The van der Waals surface area contributed by atoms with Crippen molar-refractivity contribution in [2.45, 2.75) is 19.3 Å². The molecule has 0 aliphatic heterocycles. The summed E-state index contributed by atoms with van der Waals surface area (Å²) in [5.41, 5.74) is 21.1. The van der Waals surface area contributed by atoms with Crippen molar-refractivity contribution < 1.29 is 0 Å². The number of rotatable bonds is 7. The summed E-state index contributed by atoms with van der Waals surface area (Å²) in [5.74, 6) is 0.710. The molecule has 4 heteroatoms. The van der Waals surface area contributed by atoms with Crippen LogP contribution >= 0.6 is 0 Å². The molecule has 0 spiro atoms. The minimum atomic E-state index is -0.110. The van der Waals surface area contributed by atoms with Crippen molar-refractivity contribution in [3.8, 4) is 84.2 Å². The van der Waals surface area contributed by atoms with E-state index in [0.29, 0.717) is 5.82 Å². The van der Waals surface area contributed by atoms with Crippen molar-refractivity contribution in [1.82, 2.24) is 19.5 Å². The Morgan fingerprint density at radius 2 is 0.889 bits per heavy atom. The standard InChI is InChI=1S/C68H46N4/c1-68(2)59-27-14-12-23-52(59)53-38-37-49(39-60(53)68)62-42-61(69-67(70-62)48-19-8-4-9-20-48)46-35-31-44(32-36-46)43-29-33-45(34-30-43)51-25-16-26-55-56-40-57-54-24-13-15-28-63(54)72(50-21-10-5-11-22-50)64(57)41-58(56)65(71-66(51)55)47-17-6-3-7-18-47/h3-42H,1-2H3. The molecule has 0 saturated carbocycles. The van der Waals surface area contributed by atoms with Gasteiger partial charge in [0.1, 0.15) is 0 Å². The van der Waals surface area contributed by atoms with Crippen molar-refractivity contribution in [1.29, 1.82) is 0 Å². The normalized spacial score (nSPS) is 12.7. The molecule has 3 heterocycles. The summed E-state index contributed by atoms with van der Waals surface area (Å²) >= 11 is 0. The number of benzene rings is 10. The zero-order valence-electron chi connectivity index (χ0n) is 39.9. The van der Waals surface area contributed by atoms with Crippen molar-refractivity contribution in [2.75, 3.05) is 0 Å². The lowest BCUT2D eigenvalue weighted by Crippen LogP contribution is -2.14. The highest BCUT2D eigenvalue weighted by Gasteiger charge is 2.35. The van der Waals surface area contributed by atoms with Gasteiger partial charge in [-0.15, -0.1) is 0 Å². The Bertz CT molecular complexity index is 4250. The van der Waals surface area contributed by atoms with Gasteiger partial charge in [-0.1, -0.05) is 214 Å². The third kappa shape index (κ3) is 6.71. The molecular weight excluding hydrogens is 873 g/mol. The van der Waals surface area contributed by atoms with E-state index in [1.165, 1.54) is 43.9 Å². The highest BCUT2D eigenvalue weighted by molar-refractivity contribution is 6.21. The minimum absolute atomic E-state index is 0.110. The Morgan fingerprint density at radius 1 is 0.319 bits per heavy atom. The van der Waals surface area contributed by atoms with Gasteiger partial charge in [-0.25, -0.2) is 15.0 Å². The van der Waals surface area contributed by atoms with Gasteiger partial charge in [0.05, 0.1) is 33.6 Å². The summed E-state index contributed by atoms with van der Waals surface area (Å²) in [5, 5.41) is 5.91. The van der Waals surface area contributed by atoms with Gasteiger partial charge in [0.25, 0.3) is 0 Å². The molecule has 1 aliphatic carbocycles. The third-order valence-corrected chi connectivity index (χ3v) is 15.0. The molecule has 0 saturated heterocycles. The summed E-state index contributed by atoms with van der Waals surface area (Å²) in [6, 6.07) is 87.2. The van der Waals surface area contributed by atoms with Crippen LogP contribution in [0.4, 0.5) is 0 Å². The van der Waals surface area contributed by atoms with Gasteiger partial charge in [0, 0.05) is 60.5 Å². The first kappa shape index (κ1) is 41.7. The largest absolute Gasteiger partial charge is 0.309 e. The second-order valence-electron chi connectivity index (χ2n) is 19.5. The van der Waals surface area contributed by atoms with Crippen LogP contribution in [-0.2, 0) is 5.41 Å². The number of aromatic nitrogens is 4. The Labute approximate surface area is 418 Å². The molecular formula is C68H46N4. The molecule has 13 aromatic rings. The van der Waals surface area contributed by atoms with Gasteiger partial charge in [0.2, 0.25) is 0 Å². The molecule has 3 aromatic heterocycles. The predicted octanol–water partition coefficient (Wildman–Crippen LogP) is 17.6.